The molecule has 0 saturated heterocycles. The fraction of sp³-hybridized carbons (Fsp3) is 0.611. The Morgan fingerprint density at radius 1 is 1.32 bits per heavy atom. The molecule has 1 aliphatic rings. The first-order chi connectivity index (χ1) is 13.1. The predicted molar refractivity (Wildman–Crippen MR) is 110 cm³/mol. The first kappa shape index (κ1) is 22.9. The molecule has 1 aromatic heterocycles. The third-order valence-corrected chi connectivity index (χ3v) is 7.42. The molecule has 1 aliphatic heterocycles. The van der Waals surface area contributed by atoms with Crippen LogP contribution < -0.4 is 9.47 Å². The monoisotopic (exact) mass is 449 g/mol. The van der Waals surface area contributed by atoms with E-state index in [1.807, 2.05) is 18.7 Å². The van der Waals surface area contributed by atoms with E-state index in [4.69, 9.17) is 32.7 Å². The smallest absolute Gasteiger partial charge is 0.311 e. The molecule has 0 aromatic carbocycles. The summed E-state index contributed by atoms with van der Waals surface area (Å²) in [5, 5.41) is 10.4. The normalized spacial score (nSPS) is 23.9. The Labute approximate surface area is 179 Å². The van der Waals surface area contributed by atoms with Crippen LogP contribution in [-0.4, -0.2) is 51.0 Å². The van der Waals surface area contributed by atoms with Gasteiger partial charge < -0.3 is 19.5 Å². The Hall–Kier alpha value is -1.38. The molecule has 1 N–H and O–H groups in total. The summed E-state index contributed by atoms with van der Waals surface area (Å²) in [5.41, 5.74) is -0.906. The molecular formula is C18H25Cl2N3O4S. The number of halogens is 2. The van der Waals surface area contributed by atoms with Crippen molar-refractivity contribution in [3.05, 3.63) is 17.3 Å². The van der Waals surface area contributed by atoms with Gasteiger partial charge in [-0.05, 0) is 24.3 Å². The number of carboxylic acid groups (broad SMARTS) is 1. The summed E-state index contributed by atoms with van der Waals surface area (Å²) in [7, 11) is 2.98. The fourth-order valence-electron chi connectivity index (χ4n) is 3.01. The third-order valence-electron chi connectivity index (χ3n) is 4.79. The molecule has 0 radical (unpaired) electrons. The van der Waals surface area contributed by atoms with Gasteiger partial charge in [-0.25, -0.2) is 0 Å². The molecular weight excluding hydrogens is 425 g/mol. The minimum Gasteiger partial charge on any atom is -0.481 e. The van der Waals surface area contributed by atoms with Gasteiger partial charge in [-0.1, -0.05) is 50.4 Å². The van der Waals surface area contributed by atoms with Crippen molar-refractivity contribution in [1.29, 1.82) is 0 Å². The van der Waals surface area contributed by atoms with Crippen LogP contribution in [-0.2, 0) is 4.79 Å². The SMILES string of the molecule is CCCCN1C(Cl)=CC(C(=O)O)C(C)(C)C1(Cl)Sc1nc(OC)cc(OC)n1. The van der Waals surface area contributed by atoms with Gasteiger partial charge in [-0.2, -0.15) is 9.97 Å². The summed E-state index contributed by atoms with van der Waals surface area (Å²) in [5.74, 6) is -1.23. The number of unbranched alkanes of at least 4 members (excludes halogenated alkanes) is 1. The summed E-state index contributed by atoms with van der Waals surface area (Å²) in [6.45, 7) is 6.25. The second-order valence-electron chi connectivity index (χ2n) is 6.93. The standard InChI is InChI=1S/C18H25Cl2N3O4S/c1-6-7-8-23-12(19)9-11(15(24)25)17(2,3)18(23,20)28-16-21-13(26-4)10-14(22-16)27-5/h9-11H,6-8H2,1-5H3,(H,24,25). The van der Waals surface area contributed by atoms with Crippen molar-refractivity contribution in [3.8, 4) is 11.8 Å². The van der Waals surface area contributed by atoms with E-state index in [-0.39, 0.29) is 0 Å². The number of aliphatic carboxylic acids is 1. The number of hydrogen-bond donors (Lipinski definition) is 1. The highest BCUT2D eigenvalue weighted by Crippen LogP contribution is 2.58. The summed E-state index contributed by atoms with van der Waals surface area (Å²) in [6, 6.07) is 1.55. The van der Waals surface area contributed by atoms with E-state index in [0.717, 1.165) is 24.6 Å². The molecule has 10 heteroatoms. The molecule has 2 heterocycles. The fourth-order valence-corrected chi connectivity index (χ4v) is 5.14. The highest BCUT2D eigenvalue weighted by molar-refractivity contribution is 8.01. The van der Waals surface area contributed by atoms with Crippen LogP contribution in [0, 0.1) is 11.3 Å². The Morgan fingerprint density at radius 2 is 1.89 bits per heavy atom. The maximum absolute atomic E-state index is 11.9. The van der Waals surface area contributed by atoms with E-state index in [1.54, 1.807) is 12.1 Å². The lowest BCUT2D eigenvalue weighted by Crippen LogP contribution is -2.58. The minimum atomic E-state index is -1.24. The van der Waals surface area contributed by atoms with Gasteiger partial charge >= 0.3 is 5.97 Å². The predicted octanol–water partition coefficient (Wildman–Crippen LogP) is 4.40. The van der Waals surface area contributed by atoms with Gasteiger partial charge in [0.05, 0.1) is 26.2 Å². The molecule has 156 valence electrons. The zero-order chi connectivity index (χ0) is 21.1. The van der Waals surface area contributed by atoms with Crippen molar-refractivity contribution >= 4 is 40.9 Å². The molecule has 0 bridgehead atoms. The average Bonchev–Trinajstić information content (AvgIpc) is 2.64. The summed E-state index contributed by atoms with van der Waals surface area (Å²) < 4.78 is 9.18. The first-order valence-corrected chi connectivity index (χ1v) is 10.4. The Kier molecular flexibility index (Phi) is 7.33. The lowest BCUT2D eigenvalue weighted by molar-refractivity contribution is -0.145. The van der Waals surface area contributed by atoms with Gasteiger partial charge in [-0.3, -0.25) is 4.79 Å². The molecule has 2 atom stereocenters. The molecule has 0 spiro atoms. The lowest BCUT2D eigenvalue weighted by atomic mass is 9.75. The van der Waals surface area contributed by atoms with Crippen LogP contribution in [0.5, 0.6) is 11.8 Å². The molecule has 2 unspecified atom stereocenters. The first-order valence-electron chi connectivity index (χ1n) is 8.83. The van der Waals surface area contributed by atoms with Crippen molar-refractivity contribution < 1.29 is 19.4 Å². The van der Waals surface area contributed by atoms with Crippen LogP contribution in [0.15, 0.2) is 22.5 Å². The molecule has 0 saturated carbocycles. The van der Waals surface area contributed by atoms with E-state index < -0.39 is 21.6 Å². The Morgan fingerprint density at radius 3 is 2.36 bits per heavy atom. The number of ether oxygens (including phenoxy) is 2. The molecule has 1 aromatic rings. The van der Waals surface area contributed by atoms with Crippen molar-refractivity contribution in [2.24, 2.45) is 11.3 Å². The number of hydrogen-bond acceptors (Lipinski definition) is 7. The van der Waals surface area contributed by atoms with Crippen molar-refractivity contribution in [3.63, 3.8) is 0 Å². The second kappa shape index (κ2) is 8.97. The van der Waals surface area contributed by atoms with E-state index in [2.05, 4.69) is 16.9 Å². The van der Waals surface area contributed by atoms with Crippen LogP contribution in [0.2, 0.25) is 0 Å². The number of rotatable bonds is 8. The number of aromatic nitrogens is 2. The zero-order valence-electron chi connectivity index (χ0n) is 16.5. The number of nitrogens with zero attached hydrogens (tertiary/aromatic N) is 3. The van der Waals surface area contributed by atoms with E-state index in [0.29, 0.717) is 28.6 Å². The van der Waals surface area contributed by atoms with Gasteiger partial charge in [-0.15, -0.1) is 0 Å². The van der Waals surface area contributed by atoms with Crippen LogP contribution in [0.4, 0.5) is 0 Å². The molecule has 28 heavy (non-hydrogen) atoms. The number of methoxy groups -OCH3 is 2. The van der Waals surface area contributed by atoms with E-state index in [1.165, 1.54) is 14.2 Å². The largest absolute Gasteiger partial charge is 0.481 e. The summed E-state index contributed by atoms with van der Waals surface area (Å²) in [6.07, 6.45) is 3.33. The molecule has 0 amide bonds. The molecule has 2 rings (SSSR count). The van der Waals surface area contributed by atoms with Crippen LogP contribution >= 0.6 is 35.0 Å². The van der Waals surface area contributed by atoms with Gasteiger partial charge in [0, 0.05) is 12.0 Å². The Balaban J connectivity index is 2.57. The van der Waals surface area contributed by atoms with Crippen molar-refractivity contribution in [1.82, 2.24) is 14.9 Å². The van der Waals surface area contributed by atoms with Crippen LogP contribution in [0.1, 0.15) is 33.6 Å². The molecule has 0 fully saturated rings. The van der Waals surface area contributed by atoms with Gasteiger partial charge in [0.2, 0.25) is 11.8 Å². The highest BCUT2D eigenvalue weighted by atomic mass is 35.5. The van der Waals surface area contributed by atoms with E-state index >= 15 is 0 Å². The second-order valence-corrected chi connectivity index (χ2v) is 9.25. The maximum atomic E-state index is 11.9. The van der Waals surface area contributed by atoms with Gasteiger partial charge in [0.25, 0.3) is 0 Å². The number of carbonyl (C=O) groups is 1. The highest BCUT2D eigenvalue weighted by Gasteiger charge is 2.58. The number of thioether (sulfide) groups is 1. The van der Waals surface area contributed by atoms with Crippen LogP contribution in [0.25, 0.3) is 0 Å². The van der Waals surface area contributed by atoms with E-state index in [9.17, 15) is 9.90 Å². The third kappa shape index (κ3) is 4.28. The Bertz CT molecular complexity index is 740. The topological polar surface area (TPSA) is 84.8 Å². The summed E-state index contributed by atoms with van der Waals surface area (Å²) in [4.78, 5) is 22.4. The number of alkyl halides is 1. The summed E-state index contributed by atoms with van der Waals surface area (Å²) >= 11 is 14.8. The number of carboxylic acids is 1. The molecule has 0 aliphatic carbocycles. The average molecular weight is 450 g/mol. The lowest BCUT2D eigenvalue weighted by Gasteiger charge is -2.53. The quantitative estimate of drug-likeness (QED) is 0.355. The van der Waals surface area contributed by atoms with Crippen molar-refractivity contribution in [2.75, 3.05) is 20.8 Å². The van der Waals surface area contributed by atoms with Gasteiger partial charge in [0.1, 0.15) is 5.16 Å². The van der Waals surface area contributed by atoms with Crippen LogP contribution in [0.3, 0.4) is 0 Å². The van der Waals surface area contributed by atoms with Crippen molar-refractivity contribution in [2.45, 2.75) is 43.1 Å². The maximum Gasteiger partial charge on any atom is 0.311 e. The van der Waals surface area contributed by atoms with Gasteiger partial charge in [0.15, 0.2) is 9.49 Å². The minimum absolute atomic E-state index is 0.302. The molecule has 7 nitrogen and oxygen atoms in total. The zero-order valence-corrected chi connectivity index (χ0v) is 18.9.